The molecule has 0 saturated heterocycles. The number of para-hydroxylation sites is 1. The lowest BCUT2D eigenvalue weighted by molar-refractivity contribution is -0.146. The molecule has 9 heteroatoms. The van der Waals surface area contributed by atoms with Crippen LogP contribution in [0.25, 0.3) is 0 Å². The van der Waals surface area contributed by atoms with Crippen LogP contribution in [-0.2, 0) is 33.4 Å². The topological polar surface area (TPSA) is 108 Å². The van der Waals surface area contributed by atoms with Crippen molar-refractivity contribution >= 4 is 46.7 Å². The third-order valence-corrected chi connectivity index (χ3v) is 4.75. The van der Waals surface area contributed by atoms with Crippen LogP contribution in [0, 0.1) is 13.8 Å². The molecule has 0 radical (unpaired) electrons. The predicted octanol–water partition coefficient (Wildman–Crippen LogP) is 2.78. The number of rotatable bonds is 8. The number of ketones is 1. The average Bonchev–Trinajstić information content (AvgIpc) is 2.70. The first-order chi connectivity index (χ1) is 14.0. The van der Waals surface area contributed by atoms with E-state index in [1.807, 2.05) is 0 Å². The molecule has 0 aliphatic rings. The van der Waals surface area contributed by atoms with Gasteiger partial charge in [-0.25, -0.2) is 19.4 Å². The number of benzene rings is 1. The van der Waals surface area contributed by atoms with Gasteiger partial charge in [0.2, 0.25) is 4.87 Å². The number of carbonyl (C=O) groups excluding carboxylic acids is 4. The summed E-state index contributed by atoms with van der Waals surface area (Å²) in [5, 5.41) is 0. The smallest absolute Gasteiger partial charge is 0.341 e. The number of nitrogens with zero attached hydrogens (tertiary/aromatic N) is 1. The van der Waals surface area contributed by atoms with Crippen LogP contribution < -0.4 is 0 Å². The van der Waals surface area contributed by atoms with Crippen LogP contribution in [0.2, 0.25) is 0 Å². The van der Waals surface area contributed by atoms with Gasteiger partial charge < -0.3 is 14.2 Å². The molecule has 1 rings (SSSR count). The quantitative estimate of drug-likeness (QED) is 0.154. The van der Waals surface area contributed by atoms with E-state index in [1.165, 1.54) is 6.92 Å². The van der Waals surface area contributed by atoms with Crippen molar-refractivity contribution in [3.05, 3.63) is 41.0 Å². The van der Waals surface area contributed by atoms with E-state index >= 15 is 0 Å². The van der Waals surface area contributed by atoms with Gasteiger partial charge in [0.25, 0.3) is 0 Å². The van der Waals surface area contributed by atoms with Crippen LogP contribution in [0.1, 0.15) is 25.0 Å². The number of ether oxygens (including phenoxy) is 3. The Bertz CT molecular complexity index is 900. The third kappa shape index (κ3) is 5.33. The molecular formula is C21H24ClNO7. The zero-order valence-corrected chi connectivity index (χ0v) is 18.5. The van der Waals surface area contributed by atoms with Gasteiger partial charge >= 0.3 is 17.9 Å². The largest absolute Gasteiger partial charge is 0.466 e. The van der Waals surface area contributed by atoms with Gasteiger partial charge in [-0.3, -0.25) is 4.79 Å². The Kier molecular flexibility index (Phi) is 8.92. The number of aryl methyl sites for hydroxylation is 2. The lowest BCUT2D eigenvalue weighted by Crippen LogP contribution is -2.50. The van der Waals surface area contributed by atoms with Gasteiger partial charge in [0.1, 0.15) is 0 Å². The van der Waals surface area contributed by atoms with Gasteiger partial charge in [-0.1, -0.05) is 29.8 Å². The highest BCUT2D eigenvalue weighted by Gasteiger charge is 2.51. The number of carbonyl (C=O) groups is 4. The molecule has 0 bridgehead atoms. The average molecular weight is 438 g/mol. The van der Waals surface area contributed by atoms with Crippen LogP contribution in [0.4, 0.5) is 5.69 Å². The van der Waals surface area contributed by atoms with Crippen molar-refractivity contribution in [3.63, 3.8) is 0 Å². The molecule has 1 unspecified atom stereocenters. The third-order valence-electron chi connectivity index (χ3n) is 4.16. The summed E-state index contributed by atoms with van der Waals surface area (Å²) in [7, 11) is 2.17. The molecule has 0 N–H and O–H groups in total. The highest BCUT2D eigenvalue weighted by molar-refractivity contribution is 6.61. The number of esters is 3. The maximum Gasteiger partial charge on any atom is 0.341 e. The number of methoxy groups -OCH3 is 2. The van der Waals surface area contributed by atoms with Gasteiger partial charge in [0.15, 0.2) is 5.78 Å². The summed E-state index contributed by atoms with van der Waals surface area (Å²) >= 11 is 6.49. The lowest BCUT2D eigenvalue weighted by atomic mass is 9.91. The van der Waals surface area contributed by atoms with Crippen molar-refractivity contribution in [2.75, 3.05) is 20.8 Å². The molecule has 162 valence electrons. The summed E-state index contributed by atoms with van der Waals surface area (Å²) in [6.07, 6.45) is 0.761. The fourth-order valence-corrected chi connectivity index (χ4v) is 2.76. The van der Waals surface area contributed by atoms with Gasteiger partial charge in [0.05, 0.1) is 37.8 Å². The highest BCUT2D eigenvalue weighted by atomic mass is 35.5. The SMILES string of the molecule is CCOC(=O)C(Cl)(C(C)=O)C(=Nc1c(C)cccc1C)/C(=C/C(=O)OC)C(=O)OC. The Hall–Kier alpha value is -3.00. The molecule has 0 aliphatic carbocycles. The lowest BCUT2D eigenvalue weighted by Gasteiger charge is -2.25. The van der Waals surface area contributed by atoms with E-state index in [4.69, 9.17) is 21.1 Å². The first kappa shape index (κ1) is 25.0. The second-order valence-corrected chi connectivity index (χ2v) is 6.78. The second-order valence-electron chi connectivity index (χ2n) is 6.21. The summed E-state index contributed by atoms with van der Waals surface area (Å²) in [6, 6.07) is 5.29. The molecule has 0 saturated carbocycles. The van der Waals surface area contributed by atoms with E-state index < -0.39 is 39.9 Å². The number of aliphatic imine (C=N–C) groups is 1. The van der Waals surface area contributed by atoms with Crippen molar-refractivity contribution in [2.24, 2.45) is 4.99 Å². The molecule has 1 aromatic carbocycles. The summed E-state index contributed by atoms with van der Waals surface area (Å²) in [4.78, 5) is 51.6. The molecule has 0 aromatic heterocycles. The second kappa shape index (κ2) is 10.7. The fourth-order valence-electron chi connectivity index (χ4n) is 2.57. The van der Waals surface area contributed by atoms with E-state index in [1.54, 1.807) is 32.0 Å². The number of hydrogen-bond acceptors (Lipinski definition) is 8. The van der Waals surface area contributed by atoms with Crippen molar-refractivity contribution in [1.82, 2.24) is 0 Å². The van der Waals surface area contributed by atoms with E-state index in [-0.39, 0.29) is 6.61 Å². The van der Waals surface area contributed by atoms with Crippen LogP contribution in [-0.4, -0.2) is 55.1 Å². The minimum absolute atomic E-state index is 0.0778. The number of hydrogen-bond donors (Lipinski definition) is 0. The van der Waals surface area contributed by atoms with E-state index in [2.05, 4.69) is 9.73 Å². The zero-order valence-electron chi connectivity index (χ0n) is 17.7. The summed E-state index contributed by atoms with van der Waals surface area (Å²) < 4.78 is 14.3. The van der Waals surface area contributed by atoms with Crippen LogP contribution in [0.15, 0.2) is 34.8 Å². The van der Waals surface area contributed by atoms with E-state index in [9.17, 15) is 19.2 Å². The molecule has 0 spiro atoms. The maximum atomic E-state index is 12.7. The number of Topliss-reactive ketones (excluding diaryl/α,β-unsaturated/α-hetero) is 1. The van der Waals surface area contributed by atoms with E-state index in [0.717, 1.165) is 27.2 Å². The van der Waals surface area contributed by atoms with Crippen molar-refractivity contribution in [3.8, 4) is 0 Å². The Morgan fingerprint density at radius 3 is 2.10 bits per heavy atom. The van der Waals surface area contributed by atoms with E-state index in [0.29, 0.717) is 16.8 Å². The molecule has 30 heavy (non-hydrogen) atoms. The maximum absolute atomic E-state index is 12.7. The summed E-state index contributed by atoms with van der Waals surface area (Å²) in [5.41, 5.74) is 0.722. The molecule has 0 heterocycles. The standard InChI is InChI=1S/C21H24ClNO7/c1-7-30-20(27)21(22,14(4)24)18(15(19(26)29-6)11-16(25)28-5)23-17-12(2)9-8-10-13(17)3/h8-11H,7H2,1-6H3/b15-11-,23-18?. The predicted molar refractivity (Wildman–Crippen MR) is 111 cm³/mol. The van der Waals surface area contributed by atoms with Gasteiger partial charge in [-0.15, -0.1) is 0 Å². The highest BCUT2D eigenvalue weighted by Crippen LogP contribution is 2.32. The first-order valence-corrected chi connectivity index (χ1v) is 9.33. The normalized spacial score (nSPS) is 13.8. The number of alkyl halides is 1. The van der Waals surface area contributed by atoms with Crippen LogP contribution in [0.5, 0.6) is 0 Å². The van der Waals surface area contributed by atoms with Crippen molar-refractivity contribution in [2.45, 2.75) is 32.6 Å². The van der Waals surface area contributed by atoms with Crippen LogP contribution >= 0.6 is 11.6 Å². The fraction of sp³-hybridized carbons (Fsp3) is 0.381. The Morgan fingerprint density at radius 2 is 1.67 bits per heavy atom. The molecule has 1 aromatic rings. The van der Waals surface area contributed by atoms with Crippen molar-refractivity contribution < 1.29 is 33.4 Å². The number of halogens is 1. The molecule has 0 aliphatic heterocycles. The Morgan fingerprint density at radius 1 is 1.10 bits per heavy atom. The Labute approximate surface area is 179 Å². The molecule has 0 amide bonds. The van der Waals surface area contributed by atoms with Gasteiger partial charge in [0, 0.05) is 6.08 Å². The summed E-state index contributed by atoms with van der Waals surface area (Å²) in [6.45, 7) is 6.00. The van der Waals surface area contributed by atoms with Crippen molar-refractivity contribution in [1.29, 1.82) is 0 Å². The molecular weight excluding hydrogens is 414 g/mol. The first-order valence-electron chi connectivity index (χ1n) is 8.95. The molecule has 8 nitrogen and oxygen atoms in total. The van der Waals surface area contributed by atoms with Crippen LogP contribution in [0.3, 0.4) is 0 Å². The molecule has 1 atom stereocenters. The molecule has 0 fully saturated rings. The summed E-state index contributed by atoms with van der Waals surface area (Å²) in [5.74, 6) is -3.96. The zero-order chi connectivity index (χ0) is 23.1. The Balaban J connectivity index is 4.05. The minimum atomic E-state index is -2.50. The monoisotopic (exact) mass is 437 g/mol. The minimum Gasteiger partial charge on any atom is -0.466 e. The van der Waals surface area contributed by atoms with Gasteiger partial charge in [-0.05, 0) is 38.8 Å². The van der Waals surface area contributed by atoms with Gasteiger partial charge in [-0.2, -0.15) is 0 Å².